The van der Waals surface area contributed by atoms with E-state index in [9.17, 15) is 23.5 Å². The van der Waals surface area contributed by atoms with Gasteiger partial charge in [-0.2, -0.15) is 0 Å². The summed E-state index contributed by atoms with van der Waals surface area (Å²) in [5.74, 6) is -3.91. The second kappa shape index (κ2) is 8.67. The van der Waals surface area contributed by atoms with Gasteiger partial charge in [0.25, 0.3) is 11.7 Å². The Morgan fingerprint density at radius 2 is 1.79 bits per heavy atom. The monoisotopic (exact) mass is 471 g/mol. The quantitative estimate of drug-likeness (QED) is 0.323. The van der Waals surface area contributed by atoms with Crippen LogP contribution in [-0.2, 0) is 9.59 Å². The summed E-state index contributed by atoms with van der Waals surface area (Å²) in [5, 5.41) is 13.0. The zero-order valence-corrected chi connectivity index (χ0v) is 18.7. The number of aliphatic hydroxyl groups excluding tert-OH is 1. The van der Waals surface area contributed by atoms with E-state index in [1.165, 1.54) is 43.8 Å². The molecule has 1 amide bonds. The third kappa shape index (κ3) is 3.74. The predicted octanol–water partition coefficient (Wildman–Crippen LogP) is 4.98. The summed E-state index contributed by atoms with van der Waals surface area (Å²) in [6.07, 6.45) is 0. The molecule has 0 aliphatic carbocycles. The molecule has 1 aliphatic rings. The maximum atomic E-state index is 14.0. The van der Waals surface area contributed by atoms with E-state index < -0.39 is 35.1 Å². The normalized spacial score (nSPS) is 17.5. The van der Waals surface area contributed by atoms with Gasteiger partial charge < -0.3 is 14.6 Å². The van der Waals surface area contributed by atoms with Gasteiger partial charge in [-0.15, -0.1) is 11.3 Å². The number of aliphatic hydroxyl groups is 1. The van der Waals surface area contributed by atoms with E-state index in [2.05, 4.69) is 0 Å². The topological polar surface area (TPSA) is 76.1 Å². The second-order valence-electron chi connectivity index (χ2n) is 7.30. The van der Waals surface area contributed by atoms with Crippen LogP contribution in [0.25, 0.3) is 5.76 Å². The van der Waals surface area contributed by atoms with Gasteiger partial charge in [-0.25, -0.2) is 8.78 Å². The van der Waals surface area contributed by atoms with Crippen molar-refractivity contribution in [3.63, 3.8) is 0 Å². The van der Waals surface area contributed by atoms with E-state index in [0.717, 1.165) is 22.6 Å². The molecule has 1 aliphatic heterocycles. The first-order valence-corrected chi connectivity index (χ1v) is 10.7. The molecule has 1 atom stereocenters. The van der Waals surface area contributed by atoms with Gasteiger partial charge in [0.1, 0.15) is 23.3 Å². The van der Waals surface area contributed by atoms with Crippen molar-refractivity contribution in [2.75, 3.05) is 19.1 Å². The van der Waals surface area contributed by atoms with Crippen LogP contribution in [0.3, 0.4) is 0 Å². The molecule has 4 rings (SSSR count). The van der Waals surface area contributed by atoms with Crippen molar-refractivity contribution in [2.45, 2.75) is 13.0 Å². The molecule has 0 radical (unpaired) electrons. The Morgan fingerprint density at radius 1 is 1.03 bits per heavy atom. The number of carbonyl (C=O) groups excluding carboxylic acids is 2. The minimum atomic E-state index is -1.16. The molecular weight excluding hydrogens is 452 g/mol. The molecule has 170 valence electrons. The van der Waals surface area contributed by atoms with Gasteiger partial charge in [-0.05, 0) is 48.2 Å². The lowest BCUT2D eigenvalue weighted by Gasteiger charge is -2.25. The van der Waals surface area contributed by atoms with Crippen molar-refractivity contribution in [3.8, 4) is 11.5 Å². The molecule has 1 fully saturated rings. The Kier molecular flexibility index (Phi) is 5.90. The molecule has 0 bridgehead atoms. The molecule has 1 aromatic heterocycles. The Bertz CT molecular complexity index is 1300. The number of hydrogen-bond acceptors (Lipinski definition) is 6. The van der Waals surface area contributed by atoms with Crippen LogP contribution in [0.2, 0.25) is 0 Å². The minimum absolute atomic E-state index is 0.00505. The fourth-order valence-corrected chi connectivity index (χ4v) is 4.81. The third-order valence-electron chi connectivity index (χ3n) is 5.44. The number of hydrogen-bond donors (Lipinski definition) is 1. The second-order valence-corrected chi connectivity index (χ2v) is 8.25. The first kappa shape index (κ1) is 22.5. The molecule has 2 heterocycles. The smallest absolute Gasteiger partial charge is 0.300 e. The number of aryl methyl sites for hydroxylation is 1. The van der Waals surface area contributed by atoms with Crippen LogP contribution in [0.15, 0.2) is 53.4 Å². The molecule has 9 heteroatoms. The number of amides is 1. The summed E-state index contributed by atoms with van der Waals surface area (Å²) in [4.78, 5) is 27.9. The van der Waals surface area contributed by atoms with E-state index in [-0.39, 0.29) is 22.6 Å². The molecule has 0 saturated carbocycles. The van der Waals surface area contributed by atoms with Crippen molar-refractivity contribution < 1.29 is 33.0 Å². The van der Waals surface area contributed by atoms with Crippen LogP contribution in [0, 0.1) is 18.6 Å². The van der Waals surface area contributed by atoms with Crippen LogP contribution in [0.5, 0.6) is 11.5 Å². The lowest BCUT2D eigenvalue weighted by atomic mass is 9.97. The maximum absolute atomic E-state index is 14.0. The molecule has 6 nitrogen and oxygen atoms in total. The summed E-state index contributed by atoms with van der Waals surface area (Å²) < 4.78 is 38.1. The zero-order chi connectivity index (χ0) is 23.9. The lowest BCUT2D eigenvalue weighted by Crippen LogP contribution is -2.29. The number of thiophene rings is 1. The predicted molar refractivity (Wildman–Crippen MR) is 120 cm³/mol. The van der Waals surface area contributed by atoms with Crippen molar-refractivity contribution >= 4 is 34.5 Å². The highest BCUT2D eigenvalue weighted by atomic mass is 32.1. The number of Topliss-reactive ketones (excluding diaryl/α,β-unsaturated/α-hetero) is 1. The van der Waals surface area contributed by atoms with Crippen molar-refractivity contribution in [3.05, 3.63) is 81.1 Å². The summed E-state index contributed by atoms with van der Waals surface area (Å²) in [7, 11) is 2.87. The average molecular weight is 471 g/mol. The van der Waals surface area contributed by atoms with E-state index in [4.69, 9.17) is 9.47 Å². The fraction of sp³-hybridized carbons (Fsp3) is 0.167. The van der Waals surface area contributed by atoms with Crippen LogP contribution >= 0.6 is 11.3 Å². The van der Waals surface area contributed by atoms with E-state index >= 15 is 0 Å². The highest BCUT2D eigenvalue weighted by Gasteiger charge is 2.48. The van der Waals surface area contributed by atoms with Gasteiger partial charge in [0.15, 0.2) is 11.6 Å². The third-order valence-corrected chi connectivity index (χ3v) is 6.51. The number of methoxy groups -OCH3 is 2. The summed E-state index contributed by atoms with van der Waals surface area (Å²) in [5.41, 5.74) is 0.765. The molecule has 33 heavy (non-hydrogen) atoms. The van der Waals surface area contributed by atoms with Crippen molar-refractivity contribution in [1.29, 1.82) is 0 Å². The number of halogens is 2. The summed E-state index contributed by atoms with van der Waals surface area (Å²) >= 11 is 1.28. The van der Waals surface area contributed by atoms with Gasteiger partial charge in [0.05, 0.1) is 25.4 Å². The van der Waals surface area contributed by atoms with Crippen LogP contribution in [-0.4, -0.2) is 31.0 Å². The minimum Gasteiger partial charge on any atom is -0.507 e. The molecular formula is C24H19F2NO5S. The van der Waals surface area contributed by atoms with Crippen LogP contribution < -0.4 is 14.4 Å². The Hall–Kier alpha value is -3.72. The molecule has 3 aromatic rings. The number of nitrogens with zero attached hydrogens (tertiary/aromatic N) is 1. The van der Waals surface area contributed by atoms with Gasteiger partial charge in [0.2, 0.25) is 0 Å². The zero-order valence-electron chi connectivity index (χ0n) is 17.9. The first-order valence-electron chi connectivity index (χ1n) is 9.81. The largest absolute Gasteiger partial charge is 0.507 e. The highest BCUT2D eigenvalue weighted by molar-refractivity contribution is 7.10. The number of ether oxygens (including phenoxy) is 2. The standard InChI is InChI=1S/C24H19F2NO5S/c1-12-8-9-33-23(12)20-19(21(28)15-6-5-14(31-2)11-18(15)32-3)22(29)24(30)27(20)13-4-7-16(25)17(26)10-13/h4-11,20,28H,1-3H3/b21-19+. The molecule has 0 spiro atoms. The highest BCUT2D eigenvalue weighted by Crippen LogP contribution is 2.46. The molecule has 2 aromatic carbocycles. The van der Waals surface area contributed by atoms with E-state index in [0.29, 0.717) is 10.6 Å². The number of anilines is 1. The molecule has 1 saturated heterocycles. The maximum Gasteiger partial charge on any atom is 0.300 e. The van der Waals surface area contributed by atoms with Crippen LogP contribution in [0.4, 0.5) is 14.5 Å². The number of rotatable bonds is 5. The summed E-state index contributed by atoms with van der Waals surface area (Å²) in [6, 6.07) is 8.34. The first-order chi connectivity index (χ1) is 15.8. The van der Waals surface area contributed by atoms with Gasteiger partial charge in [-0.3, -0.25) is 14.5 Å². The van der Waals surface area contributed by atoms with Crippen molar-refractivity contribution in [1.82, 2.24) is 0 Å². The SMILES string of the molecule is COc1ccc(/C(O)=C2\C(=O)C(=O)N(c3ccc(F)c(F)c3)C2c2sccc2C)c(OC)c1. The van der Waals surface area contributed by atoms with Gasteiger partial charge in [0, 0.05) is 22.7 Å². The number of benzene rings is 2. The van der Waals surface area contributed by atoms with Crippen LogP contribution in [0.1, 0.15) is 22.0 Å². The number of carbonyl (C=O) groups is 2. The molecule has 1 unspecified atom stereocenters. The Labute approximate surface area is 192 Å². The van der Waals surface area contributed by atoms with E-state index in [1.54, 1.807) is 24.4 Å². The Morgan fingerprint density at radius 3 is 2.39 bits per heavy atom. The average Bonchev–Trinajstić information content (AvgIpc) is 3.35. The van der Waals surface area contributed by atoms with Crippen molar-refractivity contribution in [2.24, 2.45) is 0 Å². The molecule has 1 N–H and O–H groups in total. The fourth-order valence-electron chi connectivity index (χ4n) is 3.79. The Balaban J connectivity index is 1.97. The van der Waals surface area contributed by atoms with Gasteiger partial charge >= 0.3 is 0 Å². The van der Waals surface area contributed by atoms with E-state index in [1.807, 2.05) is 0 Å². The van der Waals surface area contributed by atoms with Gasteiger partial charge in [-0.1, -0.05) is 0 Å². The lowest BCUT2D eigenvalue weighted by molar-refractivity contribution is -0.132. The summed E-state index contributed by atoms with van der Waals surface area (Å²) in [6.45, 7) is 1.80. The number of ketones is 1.